The first-order valence-corrected chi connectivity index (χ1v) is 9.83. The van der Waals surface area contributed by atoms with Crippen molar-refractivity contribution in [2.75, 3.05) is 25.0 Å². The summed E-state index contributed by atoms with van der Waals surface area (Å²) in [5.41, 5.74) is 2.62. The molecule has 1 aromatic carbocycles. The van der Waals surface area contributed by atoms with Crippen molar-refractivity contribution in [3.63, 3.8) is 0 Å². The fourth-order valence-electron chi connectivity index (χ4n) is 2.80. The summed E-state index contributed by atoms with van der Waals surface area (Å²) < 4.78 is 0. The maximum atomic E-state index is 12.4. The summed E-state index contributed by atoms with van der Waals surface area (Å²) in [6, 6.07) is 9.84. The van der Waals surface area contributed by atoms with Gasteiger partial charge in [0.1, 0.15) is 4.88 Å². The van der Waals surface area contributed by atoms with E-state index in [1.54, 1.807) is 0 Å². The minimum atomic E-state index is -0.175. The van der Waals surface area contributed by atoms with E-state index in [9.17, 15) is 9.59 Å². The third-order valence-corrected chi connectivity index (χ3v) is 5.27. The number of amides is 2. The minimum Gasteiger partial charge on any atom is -0.362 e. The predicted octanol–water partition coefficient (Wildman–Crippen LogP) is 2.64. The molecule has 0 spiro atoms. The van der Waals surface area contributed by atoms with E-state index < -0.39 is 0 Å². The van der Waals surface area contributed by atoms with Crippen LogP contribution in [0.3, 0.4) is 0 Å². The molecule has 0 atom stereocenters. The molecule has 27 heavy (non-hydrogen) atoms. The second-order valence-electron chi connectivity index (χ2n) is 6.15. The third-order valence-electron chi connectivity index (χ3n) is 4.15. The van der Waals surface area contributed by atoms with Gasteiger partial charge in [0.05, 0.1) is 18.0 Å². The van der Waals surface area contributed by atoms with Crippen LogP contribution in [-0.2, 0) is 4.79 Å². The average Bonchev–Trinajstić information content (AvgIpc) is 3.04. The molecule has 0 saturated heterocycles. The molecule has 0 radical (unpaired) electrons. The summed E-state index contributed by atoms with van der Waals surface area (Å²) in [6.45, 7) is 5.24. The van der Waals surface area contributed by atoms with Gasteiger partial charge in [0, 0.05) is 25.9 Å². The van der Waals surface area contributed by atoms with Crippen LogP contribution in [0.15, 0.2) is 35.4 Å². The molecule has 2 N–H and O–H groups in total. The lowest BCUT2D eigenvalue weighted by Crippen LogP contribution is -2.38. The number of carbonyl (C=O) groups excluding carboxylic acids is 2. The van der Waals surface area contributed by atoms with Gasteiger partial charge >= 0.3 is 0 Å². The molecule has 0 fully saturated rings. The van der Waals surface area contributed by atoms with E-state index in [0.29, 0.717) is 36.5 Å². The summed E-state index contributed by atoms with van der Waals surface area (Å²) in [7, 11) is 0. The Morgan fingerprint density at radius 1 is 1.26 bits per heavy atom. The topological polar surface area (TPSA) is 86.7 Å². The van der Waals surface area contributed by atoms with Crippen LogP contribution in [0.1, 0.15) is 40.7 Å². The summed E-state index contributed by atoms with van der Waals surface area (Å²) in [6.07, 6.45) is 1.07. The van der Waals surface area contributed by atoms with Gasteiger partial charge in [-0.2, -0.15) is 5.10 Å². The number of anilines is 1. The van der Waals surface area contributed by atoms with Crippen LogP contribution in [0.4, 0.5) is 5.13 Å². The Bertz CT molecular complexity index is 847. The summed E-state index contributed by atoms with van der Waals surface area (Å²) in [5, 5.41) is 12.6. The Morgan fingerprint density at radius 2 is 2.04 bits per heavy atom. The number of aryl methyl sites for hydroxylation is 1. The maximum absolute atomic E-state index is 12.4. The van der Waals surface area contributed by atoms with Crippen molar-refractivity contribution in [3.05, 3.63) is 46.5 Å². The summed E-state index contributed by atoms with van der Waals surface area (Å²) in [5.74, 6) is -0.196. The third kappa shape index (κ3) is 4.71. The number of thiazole rings is 1. The number of nitrogens with one attached hydrogen (secondary N) is 2. The van der Waals surface area contributed by atoms with Crippen LogP contribution in [-0.4, -0.2) is 47.2 Å². The molecule has 0 saturated carbocycles. The van der Waals surface area contributed by atoms with E-state index in [4.69, 9.17) is 0 Å². The highest BCUT2D eigenvalue weighted by Crippen LogP contribution is 2.22. The Balaban J connectivity index is 1.59. The lowest BCUT2D eigenvalue weighted by molar-refractivity contribution is -0.131. The fraction of sp³-hybridized carbons (Fsp3) is 0.368. The maximum Gasteiger partial charge on any atom is 0.263 e. The number of hydrazone groups is 1. The van der Waals surface area contributed by atoms with Gasteiger partial charge in [0.2, 0.25) is 5.91 Å². The number of carbonyl (C=O) groups is 2. The molecule has 2 amide bonds. The number of hydrogen-bond acceptors (Lipinski definition) is 6. The first-order chi connectivity index (χ1) is 13.1. The molecule has 2 heterocycles. The van der Waals surface area contributed by atoms with Crippen LogP contribution in [0.5, 0.6) is 0 Å². The lowest BCUT2D eigenvalue weighted by Gasteiger charge is -2.23. The molecule has 0 aliphatic carbocycles. The normalized spacial score (nSPS) is 14.1. The molecule has 2 aromatic rings. The van der Waals surface area contributed by atoms with Crippen LogP contribution >= 0.6 is 11.3 Å². The summed E-state index contributed by atoms with van der Waals surface area (Å²) in [4.78, 5) is 29.4. The molecule has 8 heteroatoms. The van der Waals surface area contributed by atoms with Crippen molar-refractivity contribution >= 4 is 34.0 Å². The van der Waals surface area contributed by atoms with Gasteiger partial charge in [-0.05, 0) is 19.4 Å². The van der Waals surface area contributed by atoms with Gasteiger partial charge < -0.3 is 10.6 Å². The van der Waals surface area contributed by atoms with E-state index in [0.717, 1.165) is 23.0 Å². The van der Waals surface area contributed by atoms with E-state index in [-0.39, 0.29) is 11.8 Å². The molecule has 7 nitrogen and oxygen atoms in total. The zero-order valence-electron chi connectivity index (χ0n) is 15.5. The van der Waals surface area contributed by atoms with Crippen molar-refractivity contribution in [1.82, 2.24) is 15.3 Å². The molecule has 3 rings (SSSR count). The Morgan fingerprint density at radius 3 is 2.78 bits per heavy atom. The van der Waals surface area contributed by atoms with Gasteiger partial charge in [-0.15, -0.1) is 0 Å². The SMILES string of the molecule is CCNc1nc(C)c(C(=O)NCCN2N=C(c3ccccc3)CCC2=O)s1. The Hall–Kier alpha value is -2.74. The molecule has 1 aromatic heterocycles. The van der Waals surface area contributed by atoms with Crippen LogP contribution in [0.25, 0.3) is 0 Å². The smallest absolute Gasteiger partial charge is 0.263 e. The number of rotatable bonds is 7. The molecular formula is C19H23N5O2S. The molecule has 0 bridgehead atoms. The zero-order valence-corrected chi connectivity index (χ0v) is 16.3. The van der Waals surface area contributed by atoms with Crippen molar-refractivity contribution in [2.24, 2.45) is 5.10 Å². The lowest BCUT2D eigenvalue weighted by atomic mass is 10.0. The highest BCUT2D eigenvalue weighted by atomic mass is 32.1. The number of hydrogen-bond donors (Lipinski definition) is 2. The predicted molar refractivity (Wildman–Crippen MR) is 107 cm³/mol. The van der Waals surface area contributed by atoms with Gasteiger partial charge in [-0.3, -0.25) is 9.59 Å². The molecule has 1 aliphatic heterocycles. The Kier molecular flexibility index (Phi) is 6.18. The highest BCUT2D eigenvalue weighted by Gasteiger charge is 2.21. The second-order valence-corrected chi connectivity index (χ2v) is 7.15. The van der Waals surface area contributed by atoms with Gasteiger partial charge in [-0.25, -0.2) is 9.99 Å². The molecule has 1 aliphatic rings. The van der Waals surface area contributed by atoms with Crippen molar-refractivity contribution in [1.29, 1.82) is 0 Å². The molecular weight excluding hydrogens is 362 g/mol. The molecule has 142 valence electrons. The number of nitrogens with zero attached hydrogens (tertiary/aromatic N) is 3. The van der Waals surface area contributed by atoms with Crippen LogP contribution < -0.4 is 10.6 Å². The Labute approximate surface area is 162 Å². The monoisotopic (exact) mass is 385 g/mol. The summed E-state index contributed by atoms with van der Waals surface area (Å²) >= 11 is 1.33. The largest absolute Gasteiger partial charge is 0.362 e. The fourth-order valence-corrected chi connectivity index (χ4v) is 3.75. The first kappa shape index (κ1) is 19.0. The second kappa shape index (κ2) is 8.77. The van der Waals surface area contributed by atoms with E-state index in [1.165, 1.54) is 16.3 Å². The van der Waals surface area contributed by atoms with Gasteiger partial charge in [0.15, 0.2) is 5.13 Å². The van der Waals surface area contributed by atoms with E-state index in [2.05, 4.69) is 20.7 Å². The average molecular weight is 385 g/mol. The van der Waals surface area contributed by atoms with Gasteiger partial charge in [0.25, 0.3) is 5.91 Å². The number of aromatic nitrogens is 1. The van der Waals surface area contributed by atoms with Crippen molar-refractivity contribution in [2.45, 2.75) is 26.7 Å². The standard InChI is InChI=1S/C19H23N5O2S/c1-3-20-19-22-13(2)17(27-19)18(26)21-11-12-24-16(25)10-9-15(23-24)14-7-5-4-6-8-14/h4-8H,3,9-12H2,1-2H3,(H,20,22)(H,21,26). The van der Waals surface area contributed by atoms with Crippen molar-refractivity contribution < 1.29 is 9.59 Å². The first-order valence-electron chi connectivity index (χ1n) is 9.01. The van der Waals surface area contributed by atoms with Crippen LogP contribution in [0, 0.1) is 6.92 Å². The van der Waals surface area contributed by atoms with Crippen molar-refractivity contribution in [3.8, 4) is 0 Å². The molecule has 0 unspecified atom stereocenters. The zero-order chi connectivity index (χ0) is 19.2. The highest BCUT2D eigenvalue weighted by molar-refractivity contribution is 7.17. The number of benzene rings is 1. The van der Waals surface area contributed by atoms with E-state index in [1.807, 2.05) is 44.2 Å². The van der Waals surface area contributed by atoms with Gasteiger partial charge in [-0.1, -0.05) is 41.7 Å². The van der Waals surface area contributed by atoms with Crippen LogP contribution in [0.2, 0.25) is 0 Å². The van der Waals surface area contributed by atoms with E-state index >= 15 is 0 Å². The minimum absolute atomic E-state index is 0.0210. The quantitative estimate of drug-likeness (QED) is 0.767.